The molecule has 0 radical (unpaired) electrons. The number of methoxy groups -OCH3 is 1. The molecule has 0 bridgehead atoms. The standard InChI is InChI=1S/C16H21ClN2O3/c1-22-10-4-9-18-14(20)16(7-8-16)15(21)19-11-12-5-2-3-6-13(12)17/h2-3,5-6H,4,7-11H2,1H3,(H,18,20)(H,19,21). The van der Waals surface area contributed by atoms with Gasteiger partial charge in [-0.2, -0.15) is 0 Å². The second-order valence-corrected chi connectivity index (χ2v) is 5.87. The Labute approximate surface area is 135 Å². The smallest absolute Gasteiger partial charge is 0.235 e. The molecule has 0 spiro atoms. The summed E-state index contributed by atoms with van der Waals surface area (Å²) in [6, 6.07) is 7.33. The van der Waals surface area contributed by atoms with Gasteiger partial charge in [0.05, 0.1) is 0 Å². The van der Waals surface area contributed by atoms with Crippen molar-refractivity contribution in [1.82, 2.24) is 10.6 Å². The van der Waals surface area contributed by atoms with Crippen LogP contribution >= 0.6 is 11.6 Å². The number of rotatable bonds is 8. The van der Waals surface area contributed by atoms with Crippen LogP contribution in [0.1, 0.15) is 24.8 Å². The minimum atomic E-state index is -0.895. The van der Waals surface area contributed by atoms with Crippen LogP contribution in [0.3, 0.4) is 0 Å². The fourth-order valence-electron chi connectivity index (χ4n) is 2.26. The molecule has 0 saturated heterocycles. The Kier molecular flexibility index (Phi) is 5.80. The Balaban J connectivity index is 1.83. The van der Waals surface area contributed by atoms with Gasteiger partial charge in [0.2, 0.25) is 11.8 Å². The summed E-state index contributed by atoms with van der Waals surface area (Å²) in [4.78, 5) is 24.5. The number of ether oxygens (including phenoxy) is 1. The van der Waals surface area contributed by atoms with Crippen LogP contribution in [0.2, 0.25) is 5.02 Å². The lowest BCUT2D eigenvalue weighted by molar-refractivity contribution is -0.137. The van der Waals surface area contributed by atoms with Gasteiger partial charge in [-0.25, -0.2) is 0 Å². The van der Waals surface area contributed by atoms with Crippen molar-refractivity contribution < 1.29 is 14.3 Å². The van der Waals surface area contributed by atoms with Crippen LogP contribution in [0.15, 0.2) is 24.3 Å². The van der Waals surface area contributed by atoms with Crippen LogP contribution in [0.4, 0.5) is 0 Å². The Morgan fingerprint density at radius 1 is 1.23 bits per heavy atom. The van der Waals surface area contributed by atoms with Gasteiger partial charge in [0.25, 0.3) is 0 Å². The van der Waals surface area contributed by atoms with Gasteiger partial charge in [-0.3, -0.25) is 9.59 Å². The van der Waals surface area contributed by atoms with E-state index in [9.17, 15) is 9.59 Å². The maximum absolute atomic E-state index is 12.3. The highest BCUT2D eigenvalue weighted by atomic mass is 35.5. The molecule has 1 saturated carbocycles. The van der Waals surface area contributed by atoms with Crippen LogP contribution in [0.5, 0.6) is 0 Å². The molecule has 2 amide bonds. The molecule has 0 unspecified atom stereocenters. The number of carbonyl (C=O) groups excluding carboxylic acids is 2. The van der Waals surface area contributed by atoms with E-state index in [-0.39, 0.29) is 11.8 Å². The Bertz CT molecular complexity index is 544. The van der Waals surface area contributed by atoms with Gasteiger partial charge in [0.15, 0.2) is 0 Å². The molecule has 1 aromatic carbocycles. The van der Waals surface area contributed by atoms with Crippen molar-refractivity contribution in [2.24, 2.45) is 5.41 Å². The molecule has 2 rings (SSSR count). The molecular formula is C16H21ClN2O3. The predicted molar refractivity (Wildman–Crippen MR) is 84.5 cm³/mol. The first-order chi connectivity index (χ1) is 10.6. The molecule has 120 valence electrons. The van der Waals surface area contributed by atoms with Crippen LogP contribution in [-0.4, -0.2) is 32.1 Å². The Hall–Kier alpha value is -1.59. The Morgan fingerprint density at radius 3 is 2.55 bits per heavy atom. The fourth-order valence-corrected chi connectivity index (χ4v) is 2.46. The van der Waals surface area contributed by atoms with E-state index in [1.807, 2.05) is 18.2 Å². The second-order valence-electron chi connectivity index (χ2n) is 5.46. The molecule has 1 aliphatic carbocycles. The molecule has 2 N–H and O–H groups in total. The van der Waals surface area contributed by atoms with E-state index in [1.165, 1.54) is 0 Å². The van der Waals surface area contributed by atoms with E-state index in [4.69, 9.17) is 16.3 Å². The van der Waals surface area contributed by atoms with E-state index in [0.29, 0.717) is 37.6 Å². The first-order valence-corrected chi connectivity index (χ1v) is 7.77. The van der Waals surface area contributed by atoms with E-state index in [0.717, 1.165) is 12.0 Å². The van der Waals surface area contributed by atoms with Gasteiger partial charge >= 0.3 is 0 Å². The average Bonchev–Trinajstić information content (AvgIpc) is 3.32. The molecule has 1 aliphatic rings. The first kappa shape index (κ1) is 16.8. The number of carbonyl (C=O) groups is 2. The van der Waals surface area contributed by atoms with Crippen molar-refractivity contribution >= 4 is 23.4 Å². The second kappa shape index (κ2) is 7.61. The molecule has 1 fully saturated rings. The molecule has 0 heterocycles. The summed E-state index contributed by atoms with van der Waals surface area (Å²) >= 11 is 6.06. The van der Waals surface area contributed by atoms with Crippen molar-refractivity contribution in [1.29, 1.82) is 0 Å². The van der Waals surface area contributed by atoms with E-state index in [2.05, 4.69) is 10.6 Å². The van der Waals surface area contributed by atoms with Crippen molar-refractivity contribution in [3.8, 4) is 0 Å². The average molecular weight is 325 g/mol. The topological polar surface area (TPSA) is 67.4 Å². The summed E-state index contributed by atoms with van der Waals surface area (Å²) in [6.07, 6.45) is 1.93. The molecule has 0 aromatic heterocycles. The lowest BCUT2D eigenvalue weighted by Gasteiger charge is -2.15. The maximum atomic E-state index is 12.3. The third-order valence-corrected chi connectivity index (χ3v) is 4.20. The lowest BCUT2D eigenvalue weighted by Crippen LogP contribution is -2.43. The zero-order valence-electron chi connectivity index (χ0n) is 12.7. The molecule has 5 nitrogen and oxygen atoms in total. The quantitative estimate of drug-likeness (QED) is 0.567. The number of benzene rings is 1. The van der Waals surface area contributed by atoms with Gasteiger partial charge < -0.3 is 15.4 Å². The molecule has 22 heavy (non-hydrogen) atoms. The number of hydrogen-bond acceptors (Lipinski definition) is 3. The van der Waals surface area contributed by atoms with E-state index < -0.39 is 5.41 Å². The number of halogens is 1. The molecule has 6 heteroatoms. The molecule has 0 atom stereocenters. The molecule has 1 aromatic rings. The molecular weight excluding hydrogens is 304 g/mol. The van der Waals surface area contributed by atoms with Gasteiger partial charge in [-0.1, -0.05) is 29.8 Å². The summed E-state index contributed by atoms with van der Waals surface area (Å²) in [6.45, 7) is 1.44. The summed E-state index contributed by atoms with van der Waals surface area (Å²) < 4.78 is 4.93. The van der Waals surface area contributed by atoms with Crippen LogP contribution in [-0.2, 0) is 20.9 Å². The largest absolute Gasteiger partial charge is 0.385 e. The fraction of sp³-hybridized carbons (Fsp3) is 0.500. The zero-order valence-corrected chi connectivity index (χ0v) is 13.4. The van der Waals surface area contributed by atoms with Crippen molar-refractivity contribution in [2.75, 3.05) is 20.3 Å². The van der Waals surface area contributed by atoms with Crippen molar-refractivity contribution in [3.05, 3.63) is 34.9 Å². The van der Waals surface area contributed by atoms with Crippen molar-refractivity contribution in [2.45, 2.75) is 25.8 Å². The van der Waals surface area contributed by atoms with Gasteiger partial charge in [-0.05, 0) is 30.9 Å². The molecule has 0 aliphatic heterocycles. The van der Waals surface area contributed by atoms with Crippen LogP contribution < -0.4 is 10.6 Å². The van der Waals surface area contributed by atoms with Gasteiger partial charge in [0.1, 0.15) is 5.41 Å². The van der Waals surface area contributed by atoms with Gasteiger partial charge in [-0.15, -0.1) is 0 Å². The third kappa shape index (κ3) is 3.99. The normalized spacial score (nSPS) is 15.2. The number of hydrogen-bond donors (Lipinski definition) is 2. The van der Waals surface area contributed by atoms with Crippen LogP contribution in [0, 0.1) is 5.41 Å². The van der Waals surface area contributed by atoms with Gasteiger partial charge in [0, 0.05) is 31.8 Å². The maximum Gasteiger partial charge on any atom is 0.235 e. The van der Waals surface area contributed by atoms with E-state index in [1.54, 1.807) is 13.2 Å². The minimum Gasteiger partial charge on any atom is -0.385 e. The number of nitrogens with one attached hydrogen (secondary N) is 2. The Morgan fingerprint density at radius 2 is 1.91 bits per heavy atom. The lowest BCUT2D eigenvalue weighted by atomic mass is 10.0. The summed E-state index contributed by atoms with van der Waals surface area (Å²) in [5, 5.41) is 6.23. The highest BCUT2D eigenvalue weighted by Crippen LogP contribution is 2.46. The summed E-state index contributed by atoms with van der Waals surface area (Å²) in [5.74, 6) is -0.420. The highest BCUT2D eigenvalue weighted by molar-refractivity contribution is 6.31. The zero-order chi connectivity index (χ0) is 16.0. The summed E-state index contributed by atoms with van der Waals surface area (Å²) in [5.41, 5.74) is -0.0530. The summed E-state index contributed by atoms with van der Waals surface area (Å²) in [7, 11) is 1.62. The minimum absolute atomic E-state index is 0.194. The SMILES string of the molecule is COCCCNC(=O)C1(C(=O)NCc2ccccc2Cl)CC1. The third-order valence-electron chi connectivity index (χ3n) is 3.83. The predicted octanol–water partition coefficient (Wildman–Crippen LogP) is 1.89. The first-order valence-electron chi connectivity index (χ1n) is 7.39. The van der Waals surface area contributed by atoms with Crippen LogP contribution in [0.25, 0.3) is 0 Å². The van der Waals surface area contributed by atoms with Crippen molar-refractivity contribution in [3.63, 3.8) is 0 Å². The monoisotopic (exact) mass is 324 g/mol. The highest BCUT2D eigenvalue weighted by Gasteiger charge is 2.56. The van der Waals surface area contributed by atoms with E-state index >= 15 is 0 Å². The number of amides is 2.